The molecule has 3 aromatic heterocycles. The van der Waals surface area contributed by atoms with Crippen molar-refractivity contribution in [3.8, 4) is 0 Å². The lowest BCUT2D eigenvalue weighted by atomic mass is 10.2. The van der Waals surface area contributed by atoms with Gasteiger partial charge in [0.2, 0.25) is 0 Å². The molecule has 0 aromatic carbocycles. The van der Waals surface area contributed by atoms with E-state index < -0.39 is 23.5 Å². The van der Waals surface area contributed by atoms with Gasteiger partial charge in [-0.1, -0.05) is 0 Å². The Labute approximate surface area is 153 Å². The Kier molecular flexibility index (Phi) is 4.61. The number of hydrogen-bond acceptors (Lipinski definition) is 3. The monoisotopic (exact) mass is 430 g/mol. The van der Waals surface area contributed by atoms with Gasteiger partial charge in [0.25, 0.3) is 5.91 Å². The molecular weight excluding hydrogens is 420 g/mol. The van der Waals surface area contributed by atoms with E-state index in [0.29, 0.717) is 16.2 Å². The fourth-order valence-electron chi connectivity index (χ4n) is 2.44. The molecule has 0 atom stereocenters. The minimum atomic E-state index is -4.63. The number of anilines is 2. The highest BCUT2D eigenvalue weighted by atomic mass is 79.9. The summed E-state index contributed by atoms with van der Waals surface area (Å²) in [5.74, 6) is -1.69. The molecule has 0 aliphatic rings. The van der Waals surface area contributed by atoms with Gasteiger partial charge in [-0.3, -0.25) is 4.79 Å². The van der Waals surface area contributed by atoms with Crippen LogP contribution in [0, 0.1) is 5.82 Å². The Morgan fingerprint density at radius 2 is 2.04 bits per heavy atom. The Balaban J connectivity index is 2.04. The Hall–Kier alpha value is -2.62. The number of nitrogens with zero attached hydrogens (tertiary/aromatic N) is 2. The molecule has 0 fully saturated rings. The van der Waals surface area contributed by atoms with Crippen molar-refractivity contribution in [2.45, 2.75) is 6.18 Å². The number of aromatic nitrogens is 2. The third-order valence-corrected chi connectivity index (χ3v) is 4.30. The van der Waals surface area contributed by atoms with Crippen LogP contribution in [0.5, 0.6) is 0 Å². The first-order valence-electron chi connectivity index (χ1n) is 7.23. The average Bonchev–Trinajstić information content (AvgIpc) is 2.91. The largest absolute Gasteiger partial charge is 0.417 e. The van der Waals surface area contributed by atoms with Crippen molar-refractivity contribution >= 4 is 38.9 Å². The average molecular weight is 431 g/mol. The molecule has 0 spiro atoms. The molecule has 3 rings (SSSR count). The molecule has 26 heavy (non-hydrogen) atoms. The first kappa shape index (κ1) is 18.2. The van der Waals surface area contributed by atoms with E-state index in [1.165, 1.54) is 17.6 Å². The number of amides is 1. The molecule has 1 amide bonds. The van der Waals surface area contributed by atoms with Crippen LogP contribution in [-0.4, -0.2) is 22.3 Å². The normalized spacial score (nSPS) is 11.6. The Bertz CT molecular complexity index is 1000. The van der Waals surface area contributed by atoms with Crippen LogP contribution in [0.2, 0.25) is 0 Å². The number of rotatable bonds is 3. The Morgan fingerprint density at radius 3 is 2.69 bits per heavy atom. The zero-order valence-electron chi connectivity index (χ0n) is 13.2. The van der Waals surface area contributed by atoms with Gasteiger partial charge in [0, 0.05) is 30.0 Å². The highest BCUT2D eigenvalue weighted by Gasteiger charge is 2.32. The van der Waals surface area contributed by atoms with Crippen molar-refractivity contribution in [1.29, 1.82) is 0 Å². The molecule has 0 saturated carbocycles. The predicted molar refractivity (Wildman–Crippen MR) is 91.8 cm³/mol. The van der Waals surface area contributed by atoms with Crippen molar-refractivity contribution in [2.24, 2.45) is 0 Å². The van der Waals surface area contributed by atoms with E-state index in [0.717, 1.165) is 12.1 Å². The number of fused-ring (bicyclic) bond motifs is 1. The Morgan fingerprint density at radius 1 is 1.31 bits per heavy atom. The summed E-state index contributed by atoms with van der Waals surface area (Å²) >= 11 is 3.25. The molecule has 3 heterocycles. The summed E-state index contributed by atoms with van der Waals surface area (Å²) in [5, 5.41) is 4.87. The first-order valence-corrected chi connectivity index (χ1v) is 8.03. The van der Waals surface area contributed by atoms with E-state index in [-0.39, 0.29) is 17.2 Å². The standard InChI is InChI=1S/C16H11BrF4N4O/c1-22-14-11(5-8(7-23-14)16(19,20)21)24-15(26)13-10(18)6-12-9(17)3-2-4-25(12)13/h2-7H,1H3,(H,22,23)(H,24,26). The maximum absolute atomic E-state index is 14.3. The molecule has 0 unspecified atom stereocenters. The van der Waals surface area contributed by atoms with Crippen LogP contribution >= 0.6 is 15.9 Å². The predicted octanol–water partition coefficient (Wildman–Crippen LogP) is 4.55. The quantitative estimate of drug-likeness (QED) is 0.599. The smallest absolute Gasteiger partial charge is 0.371 e. The van der Waals surface area contributed by atoms with Gasteiger partial charge in [-0.15, -0.1) is 0 Å². The fraction of sp³-hybridized carbons (Fsp3) is 0.125. The zero-order chi connectivity index (χ0) is 19.1. The molecule has 0 saturated heterocycles. The summed E-state index contributed by atoms with van der Waals surface area (Å²) in [5.41, 5.74) is -1.17. The van der Waals surface area contributed by atoms with Crippen molar-refractivity contribution in [3.05, 3.63) is 58.2 Å². The van der Waals surface area contributed by atoms with Crippen molar-refractivity contribution < 1.29 is 22.4 Å². The molecule has 0 radical (unpaired) electrons. The van der Waals surface area contributed by atoms with Crippen molar-refractivity contribution in [2.75, 3.05) is 17.7 Å². The lowest BCUT2D eigenvalue weighted by molar-refractivity contribution is -0.137. The number of nitrogens with one attached hydrogen (secondary N) is 2. The number of hydrogen-bond donors (Lipinski definition) is 2. The van der Waals surface area contributed by atoms with Crippen molar-refractivity contribution in [3.63, 3.8) is 0 Å². The summed E-state index contributed by atoms with van der Waals surface area (Å²) < 4.78 is 54.8. The molecule has 2 N–H and O–H groups in total. The first-order chi connectivity index (χ1) is 12.2. The molecule has 3 aromatic rings. The highest BCUT2D eigenvalue weighted by Crippen LogP contribution is 2.33. The summed E-state index contributed by atoms with van der Waals surface area (Å²) in [6.45, 7) is 0. The maximum Gasteiger partial charge on any atom is 0.417 e. The van der Waals surface area contributed by atoms with Gasteiger partial charge < -0.3 is 15.0 Å². The number of halogens is 5. The van der Waals surface area contributed by atoms with Crippen LogP contribution in [0.4, 0.5) is 29.1 Å². The lowest BCUT2D eigenvalue weighted by Crippen LogP contribution is -2.18. The molecule has 0 bridgehead atoms. The van der Waals surface area contributed by atoms with E-state index in [1.807, 2.05) is 0 Å². The third-order valence-electron chi connectivity index (χ3n) is 3.63. The van der Waals surface area contributed by atoms with Gasteiger partial charge in [0.15, 0.2) is 5.82 Å². The third kappa shape index (κ3) is 3.24. The van der Waals surface area contributed by atoms with Crippen LogP contribution in [0.15, 0.2) is 41.1 Å². The summed E-state index contributed by atoms with van der Waals surface area (Å²) in [6, 6.07) is 5.16. The van der Waals surface area contributed by atoms with E-state index in [4.69, 9.17) is 0 Å². The van der Waals surface area contributed by atoms with Gasteiger partial charge >= 0.3 is 6.18 Å². The number of carbonyl (C=O) groups is 1. The second-order valence-corrected chi connectivity index (χ2v) is 6.13. The molecule has 10 heteroatoms. The molecule has 0 aliphatic carbocycles. The van der Waals surface area contributed by atoms with Crippen LogP contribution in [0.3, 0.4) is 0 Å². The van der Waals surface area contributed by atoms with Gasteiger partial charge in [-0.05, 0) is 34.1 Å². The van der Waals surface area contributed by atoms with Gasteiger partial charge in [0.1, 0.15) is 11.5 Å². The molecular formula is C16H11BrF4N4O. The van der Waals surface area contributed by atoms with Gasteiger partial charge in [0.05, 0.1) is 16.8 Å². The van der Waals surface area contributed by atoms with Crippen LogP contribution in [0.25, 0.3) is 5.52 Å². The number of alkyl halides is 3. The molecule has 0 aliphatic heterocycles. The second-order valence-electron chi connectivity index (χ2n) is 5.27. The minimum absolute atomic E-state index is 0.0220. The summed E-state index contributed by atoms with van der Waals surface area (Å²) in [4.78, 5) is 16.2. The zero-order valence-corrected chi connectivity index (χ0v) is 14.7. The summed E-state index contributed by atoms with van der Waals surface area (Å²) in [6.07, 6.45) is -2.51. The van der Waals surface area contributed by atoms with Crippen LogP contribution in [-0.2, 0) is 6.18 Å². The lowest BCUT2D eigenvalue weighted by Gasteiger charge is -2.13. The van der Waals surface area contributed by atoms with E-state index >= 15 is 0 Å². The highest BCUT2D eigenvalue weighted by molar-refractivity contribution is 9.10. The summed E-state index contributed by atoms with van der Waals surface area (Å²) in [7, 11) is 1.44. The van der Waals surface area contributed by atoms with Gasteiger partial charge in [-0.2, -0.15) is 13.2 Å². The topological polar surface area (TPSA) is 58.4 Å². The van der Waals surface area contributed by atoms with Crippen LogP contribution < -0.4 is 10.6 Å². The van der Waals surface area contributed by atoms with E-state index in [9.17, 15) is 22.4 Å². The van der Waals surface area contributed by atoms with Crippen LogP contribution in [0.1, 0.15) is 16.1 Å². The minimum Gasteiger partial charge on any atom is -0.371 e. The molecule has 136 valence electrons. The number of pyridine rings is 2. The number of carbonyl (C=O) groups excluding carboxylic acids is 1. The fourth-order valence-corrected chi connectivity index (χ4v) is 2.90. The maximum atomic E-state index is 14.3. The van der Waals surface area contributed by atoms with E-state index in [2.05, 4.69) is 31.5 Å². The molecule has 5 nitrogen and oxygen atoms in total. The van der Waals surface area contributed by atoms with E-state index in [1.54, 1.807) is 12.1 Å². The SMILES string of the molecule is CNc1ncc(C(F)(F)F)cc1NC(=O)c1c(F)cc2c(Br)cccn12. The van der Waals surface area contributed by atoms with Gasteiger partial charge in [-0.25, -0.2) is 9.37 Å². The van der Waals surface area contributed by atoms with Crippen molar-refractivity contribution in [1.82, 2.24) is 9.38 Å². The second kappa shape index (κ2) is 6.60.